The second-order valence-corrected chi connectivity index (χ2v) is 11.0. The molecule has 0 unspecified atom stereocenters. The van der Waals surface area contributed by atoms with Crippen LogP contribution in [0, 0.1) is 5.82 Å². The number of pyridine rings is 3. The molecule has 0 bridgehead atoms. The number of hydrogen-bond acceptors (Lipinski definition) is 9. The summed E-state index contributed by atoms with van der Waals surface area (Å²) >= 11 is 0. The molecule has 246 valence electrons. The number of carbonyl (C=O) groups is 2. The third-order valence-corrected chi connectivity index (χ3v) is 7.78. The molecule has 13 heteroatoms. The Morgan fingerprint density at radius 2 is 1.77 bits per heavy atom. The molecule has 1 aliphatic heterocycles. The minimum Gasteiger partial charge on any atom is -0.497 e. The van der Waals surface area contributed by atoms with Gasteiger partial charge in [0.25, 0.3) is 11.8 Å². The number of anilines is 1. The van der Waals surface area contributed by atoms with Crippen LogP contribution >= 0.6 is 0 Å². The third-order valence-electron chi connectivity index (χ3n) is 7.78. The summed E-state index contributed by atoms with van der Waals surface area (Å²) in [5.41, 5.74) is 0.595. The molecule has 2 N–H and O–H groups in total. The second kappa shape index (κ2) is 14.8. The van der Waals surface area contributed by atoms with E-state index >= 15 is 4.39 Å². The van der Waals surface area contributed by atoms with Crippen molar-refractivity contribution in [3.63, 3.8) is 0 Å². The van der Waals surface area contributed by atoms with Gasteiger partial charge >= 0.3 is 0 Å². The van der Waals surface area contributed by atoms with Gasteiger partial charge in [-0.15, -0.1) is 0 Å². The smallest absolute Gasteiger partial charge is 0.270 e. The standard InChI is InChI=1S/C35H33FN6O6/c1-46-25-8-6-24(7-9-25)42-22-28(32(43)27-4-2-12-38-33(27)42)34(44)40-23-5-10-31(29(36)20-23)48-26-11-14-37-30(21-26)35(45)39-13-3-15-41-16-18-47-19-17-41/h2,4-12,14,20-22H,3,13,15-19H2,1H3,(H,39,45)(H,40,44). The van der Waals surface area contributed by atoms with Gasteiger partial charge in [-0.2, -0.15) is 0 Å². The molecule has 0 atom stereocenters. The number of benzene rings is 2. The van der Waals surface area contributed by atoms with Crippen molar-refractivity contribution >= 4 is 28.5 Å². The second-order valence-electron chi connectivity index (χ2n) is 11.0. The summed E-state index contributed by atoms with van der Waals surface area (Å²) in [7, 11) is 1.56. The Labute approximate surface area is 275 Å². The molecule has 3 aromatic heterocycles. The molecule has 2 aromatic carbocycles. The SMILES string of the molecule is COc1ccc(-n2cc(C(=O)Nc3ccc(Oc4ccnc(C(=O)NCCCN5CCOCC5)c4)c(F)c3)c(=O)c3cccnc32)cc1. The maximum atomic E-state index is 15.2. The number of rotatable bonds is 11. The largest absolute Gasteiger partial charge is 0.497 e. The van der Waals surface area contributed by atoms with Gasteiger partial charge in [0.15, 0.2) is 11.6 Å². The van der Waals surface area contributed by atoms with Crippen LogP contribution in [0.1, 0.15) is 27.3 Å². The Bertz CT molecular complexity index is 1990. The van der Waals surface area contributed by atoms with E-state index in [1.807, 2.05) is 0 Å². The summed E-state index contributed by atoms with van der Waals surface area (Å²) in [5.74, 6) is -1.13. The topological polar surface area (TPSA) is 137 Å². The van der Waals surface area contributed by atoms with E-state index in [-0.39, 0.29) is 39.7 Å². The normalized spacial score (nSPS) is 13.2. The highest BCUT2D eigenvalue weighted by molar-refractivity contribution is 6.05. The fourth-order valence-electron chi connectivity index (χ4n) is 5.27. The first kappa shape index (κ1) is 32.3. The Morgan fingerprint density at radius 1 is 0.958 bits per heavy atom. The number of ether oxygens (including phenoxy) is 3. The van der Waals surface area contributed by atoms with E-state index in [1.54, 1.807) is 54.3 Å². The number of hydrogen-bond donors (Lipinski definition) is 2. The molecule has 0 spiro atoms. The van der Waals surface area contributed by atoms with E-state index in [0.29, 0.717) is 23.6 Å². The van der Waals surface area contributed by atoms with Gasteiger partial charge in [0.1, 0.15) is 28.4 Å². The van der Waals surface area contributed by atoms with Crippen molar-refractivity contribution in [2.24, 2.45) is 0 Å². The minimum absolute atomic E-state index is 0.110. The van der Waals surface area contributed by atoms with Crippen LogP contribution in [-0.2, 0) is 4.74 Å². The molecule has 2 amide bonds. The Morgan fingerprint density at radius 3 is 2.54 bits per heavy atom. The van der Waals surface area contributed by atoms with E-state index in [4.69, 9.17) is 14.2 Å². The van der Waals surface area contributed by atoms with Gasteiger partial charge in [0.05, 0.1) is 25.7 Å². The number of aromatic nitrogens is 3. The lowest BCUT2D eigenvalue weighted by Crippen LogP contribution is -2.38. The van der Waals surface area contributed by atoms with Crippen LogP contribution in [0.25, 0.3) is 16.7 Å². The van der Waals surface area contributed by atoms with Crippen LogP contribution in [-0.4, -0.2) is 77.8 Å². The summed E-state index contributed by atoms with van der Waals surface area (Å²) in [6.45, 7) is 4.55. The molecular formula is C35H33FN6O6. The molecule has 0 aliphatic carbocycles. The van der Waals surface area contributed by atoms with Gasteiger partial charge in [0, 0.05) is 61.7 Å². The number of nitrogens with zero attached hydrogens (tertiary/aromatic N) is 4. The zero-order valence-corrected chi connectivity index (χ0v) is 26.1. The van der Waals surface area contributed by atoms with Crippen molar-refractivity contribution in [2.45, 2.75) is 6.42 Å². The Kier molecular flexibility index (Phi) is 9.98. The van der Waals surface area contributed by atoms with Gasteiger partial charge in [-0.05, 0) is 67.6 Å². The van der Waals surface area contributed by atoms with Gasteiger partial charge in [-0.3, -0.25) is 24.3 Å². The summed E-state index contributed by atoms with van der Waals surface area (Å²) < 4.78 is 33.1. The van der Waals surface area contributed by atoms with Crippen molar-refractivity contribution < 1.29 is 28.2 Å². The van der Waals surface area contributed by atoms with Crippen molar-refractivity contribution in [2.75, 3.05) is 51.8 Å². The highest BCUT2D eigenvalue weighted by atomic mass is 19.1. The first-order valence-corrected chi connectivity index (χ1v) is 15.4. The molecule has 6 rings (SSSR count). The van der Waals surface area contributed by atoms with E-state index in [1.165, 1.54) is 36.7 Å². The molecule has 0 radical (unpaired) electrons. The van der Waals surface area contributed by atoms with Gasteiger partial charge in [0.2, 0.25) is 5.43 Å². The first-order chi connectivity index (χ1) is 23.4. The van der Waals surface area contributed by atoms with E-state index in [2.05, 4.69) is 25.5 Å². The molecule has 12 nitrogen and oxygen atoms in total. The van der Waals surface area contributed by atoms with Crippen molar-refractivity contribution in [1.82, 2.24) is 24.8 Å². The zero-order valence-electron chi connectivity index (χ0n) is 26.1. The molecule has 1 saturated heterocycles. The van der Waals surface area contributed by atoms with Crippen LogP contribution in [0.5, 0.6) is 17.2 Å². The summed E-state index contributed by atoms with van der Waals surface area (Å²) in [4.78, 5) is 50.1. The maximum Gasteiger partial charge on any atom is 0.270 e. The van der Waals surface area contributed by atoms with Crippen LogP contribution in [0.4, 0.5) is 10.1 Å². The number of nitrogens with one attached hydrogen (secondary N) is 2. The molecule has 1 fully saturated rings. The average molecular weight is 653 g/mol. The molecular weight excluding hydrogens is 619 g/mol. The van der Waals surface area contributed by atoms with Crippen molar-refractivity contribution in [1.29, 1.82) is 0 Å². The Balaban J connectivity index is 1.13. The van der Waals surface area contributed by atoms with E-state index in [9.17, 15) is 14.4 Å². The molecule has 4 heterocycles. The lowest BCUT2D eigenvalue weighted by atomic mass is 10.1. The number of fused-ring (bicyclic) bond motifs is 1. The monoisotopic (exact) mass is 652 g/mol. The van der Waals surface area contributed by atoms with Gasteiger partial charge in [-0.25, -0.2) is 9.37 Å². The molecule has 48 heavy (non-hydrogen) atoms. The summed E-state index contributed by atoms with van der Waals surface area (Å²) in [5, 5.41) is 5.70. The highest BCUT2D eigenvalue weighted by Gasteiger charge is 2.19. The van der Waals surface area contributed by atoms with E-state index < -0.39 is 17.2 Å². The Hall–Kier alpha value is -5.66. The van der Waals surface area contributed by atoms with Crippen LogP contribution in [0.3, 0.4) is 0 Å². The first-order valence-electron chi connectivity index (χ1n) is 15.4. The quantitative estimate of drug-likeness (QED) is 0.199. The van der Waals surface area contributed by atoms with E-state index in [0.717, 1.165) is 45.3 Å². The molecule has 5 aromatic rings. The maximum absolute atomic E-state index is 15.2. The lowest BCUT2D eigenvalue weighted by Gasteiger charge is -2.26. The zero-order chi connectivity index (χ0) is 33.5. The van der Waals surface area contributed by atoms with Gasteiger partial charge in [-0.1, -0.05) is 0 Å². The fraction of sp³-hybridized carbons (Fsp3) is 0.229. The lowest BCUT2D eigenvalue weighted by molar-refractivity contribution is 0.0374. The predicted octanol–water partition coefficient (Wildman–Crippen LogP) is 4.43. The van der Waals surface area contributed by atoms with Crippen LogP contribution < -0.4 is 25.5 Å². The average Bonchev–Trinajstić information content (AvgIpc) is 3.12. The number of morpholine rings is 1. The number of halogens is 1. The molecule has 0 saturated carbocycles. The summed E-state index contributed by atoms with van der Waals surface area (Å²) in [6.07, 6.45) is 5.16. The number of amides is 2. The van der Waals surface area contributed by atoms with Crippen molar-refractivity contribution in [3.05, 3.63) is 113 Å². The van der Waals surface area contributed by atoms with Crippen molar-refractivity contribution in [3.8, 4) is 22.9 Å². The summed E-state index contributed by atoms with van der Waals surface area (Å²) in [6, 6.07) is 17.1. The predicted molar refractivity (Wildman–Crippen MR) is 177 cm³/mol. The minimum atomic E-state index is -0.767. The fourth-order valence-corrected chi connectivity index (χ4v) is 5.27. The van der Waals surface area contributed by atoms with Crippen LogP contribution in [0.15, 0.2) is 90.1 Å². The van der Waals surface area contributed by atoms with Crippen LogP contribution in [0.2, 0.25) is 0 Å². The third kappa shape index (κ3) is 7.48. The number of methoxy groups -OCH3 is 1. The molecule has 1 aliphatic rings. The van der Waals surface area contributed by atoms with Gasteiger partial charge < -0.3 is 29.4 Å². The highest BCUT2D eigenvalue weighted by Crippen LogP contribution is 2.27. The number of carbonyl (C=O) groups excluding carboxylic acids is 2.